The van der Waals surface area contributed by atoms with E-state index in [1.807, 2.05) is 0 Å². The molecule has 0 saturated carbocycles. The Morgan fingerprint density at radius 1 is 1.13 bits per heavy atom. The highest BCUT2D eigenvalue weighted by Crippen LogP contribution is 2.29. The topological polar surface area (TPSA) is 32.7 Å². The fourth-order valence-electron chi connectivity index (χ4n) is 2.72. The number of ether oxygens (including phenoxy) is 1. The summed E-state index contributed by atoms with van der Waals surface area (Å²) in [5.74, 6) is 0. The number of rotatable bonds is 3. The van der Waals surface area contributed by atoms with E-state index in [0.717, 1.165) is 26.2 Å². The Morgan fingerprint density at radius 2 is 1.87 bits per heavy atom. The van der Waals surface area contributed by atoms with Crippen molar-refractivity contribution in [3.63, 3.8) is 0 Å². The molecule has 3 heteroatoms. The third-order valence-electron chi connectivity index (χ3n) is 3.78. The summed E-state index contributed by atoms with van der Waals surface area (Å²) in [6.07, 6.45) is 6.42. The Bertz CT molecular complexity index is 182. The Labute approximate surface area is 92.4 Å². The molecule has 15 heavy (non-hydrogen) atoms. The maximum Gasteiger partial charge on any atom is 0.0557 e. The molecule has 0 aliphatic carbocycles. The van der Waals surface area contributed by atoms with Gasteiger partial charge in [0.05, 0.1) is 13.2 Å². The van der Waals surface area contributed by atoms with Gasteiger partial charge in [-0.2, -0.15) is 0 Å². The quantitative estimate of drug-likeness (QED) is 0.766. The van der Waals surface area contributed by atoms with E-state index in [-0.39, 0.29) is 12.0 Å². The van der Waals surface area contributed by atoms with Crippen molar-refractivity contribution < 1.29 is 9.84 Å². The summed E-state index contributed by atoms with van der Waals surface area (Å²) < 4.78 is 5.44. The summed E-state index contributed by atoms with van der Waals surface area (Å²) in [4.78, 5) is 2.53. The van der Waals surface area contributed by atoms with Gasteiger partial charge < -0.3 is 14.7 Å². The standard InChI is InChI=1S/C12H23NO2/c14-10-12(5-8-15-11-12)9-13-6-3-1-2-4-7-13/h14H,1-11H2. The van der Waals surface area contributed by atoms with Gasteiger partial charge in [0.25, 0.3) is 0 Å². The van der Waals surface area contributed by atoms with Crippen LogP contribution in [0.15, 0.2) is 0 Å². The van der Waals surface area contributed by atoms with Crippen molar-refractivity contribution in [2.24, 2.45) is 5.41 Å². The van der Waals surface area contributed by atoms with Crippen LogP contribution in [0.25, 0.3) is 0 Å². The van der Waals surface area contributed by atoms with Crippen LogP contribution in [0.2, 0.25) is 0 Å². The zero-order valence-corrected chi connectivity index (χ0v) is 9.58. The third-order valence-corrected chi connectivity index (χ3v) is 3.78. The molecule has 1 unspecified atom stereocenters. The Morgan fingerprint density at radius 3 is 2.40 bits per heavy atom. The lowest BCUT2D eigenvalue weighted by molar-refractivity contribution is 0.0577. The molecule has 2 aliphatic rings. The molecule has 1 N–H and O–H groups in total. The first kappa shape index (κ1) is 11.4. The molecule has 0 radical (unpaired) electrons. The smallest absolute Gasteiger partial charge is 0.0557 e. The largest absolute Gasteiger partial charge is 0.396 e. The zero-order valence-electron chi connectivity index (χ0n) is 9.58. The maximum absolute atomic E-state index is 9.51. The molecule has 88 valence electrons. The molecule has 2 heterocycles. The van der Waals surface area contributed by atoms with Crippen LogP contribution in [0.4, 0.5) is 0 Å². The molecule has 2 fully saturated rings. The second kappa shape index (κ2) is 5.28. The highest BCUT2D eigenvalue weighted by Gasteiger charge is 2.36. The lowest BCUT2D eigenvalue weighted by Gasteiger charge is -2.32. The summed E-state index contributed by atoms with van der Waals surface area (Å²) in [5, 5.41) is 9.51. The highest BCUT2D eigenvalue weighted by molar-refractivity contribution is 4.86. The van der Waals surface area contributed by atoms with Gasteiger partial charge in [0.1, 0.15) is 0 Å². The van der Waals surface area contributed by atoms with Gasteiger partial charge in [-0.15, -0.1) is 0 Å². The molecule has 1 atom stereocenters. The van der Waals surface area contributed by atoms with Crippen LogP contribution in [0.3, 0.4) is 0 Å². The number of nitrogens with zero attached hydrogens (tertiary/aromatic N) is 1. The van der Waals surface area contributed by atoms with Gasteiger partial charge in [0.2, 0.25) is 0 Å². The van der Waals surface area contributed by atoms with Crippen LogP contribution < -0.4 is 0 Å². The van der Waals surface area contributed by atoms with Gasteiger partial charge in [-0.05, 0) is 32.4 Å². The normalized spacial score (nSPS) is 34.2. The van der Waals surface area contributed by atoms with E-state index >= 15 is 0 Å². The first-order valence-corrected chi connectivity index (χ1v) is 6.26. The predicted molar refractivity (Wildman–Crippen MR) is 59.9 cm³/mol. The number of likely N-dealkylation sites (tertiary alicyclic amines) is 1. The minimum Gasteiger partial charge on any atom is -0.396 e. The summed E-state index contributed by atoms with van der Waals surface area (Å²) in [7, 11) is 0. The molecule has 0 spiro atoms. The fraction of sp³-hybridized carbons (Fsp3) is 1.00. The molecule has 2 aliphatic heterocycles. The van der Waals surface area contributed by atoms with Crippen LogP contribution >= 0.6 is 0 Å². The van der Waals surface area contributed by atoms with Gasteiger partial charge in [-0.1, -0.05) is 12.8 Å². The molecule has 3 nitrogen and oxygen atoms in total. The van der Waals surface area contributed by atoms with Crippen molar-refractivity contribution in [1.82, 2.24) is 4.90 Å². The van der Waals surface area contributed by atoms with Gasteiger partial charge in [0, 0.05) is 18.6 Å². The first-order valence-electron chi connectivity index (χ1n) is 6.26. The van der Waals surface area contributed by atoms with Gasteiger partial charge >= 0.3 is 0 Å². The average Bonchev–Trinajstić information content (AvgIpc) is 2.57. The van der Waals surface area contributed by atoms with Crippen LogP contribution in [0.5, 0.6) is 0 Å². The second-order valence-electron chi connectivity index (χ2n) is 5.15. The van der Waals surface area contributed by atoms with Gasteiger partial charge in [-0.25, -0.2) is 0 Å². The van der Waals surface area contributed by atoms with E-state index in [9.17, 15) is 5.11 Å². The highest BCUT2D eigenvalue weighted by atomic mass is 16.5. The average molecular weight is 213 g/mol. The van der Waals surface area contributed by atoms with E-state index in [1.165, 1.54) is 38.8 Å². The number of aliphatic hydroxyl groups excluding tert-OH is 1. The Balaban J connectivity index is 1.87. The van der Waals surface area contributed by atoms with Crippen molar-refractivity contribution in [2.45, 2.75) is 32.1 Å². The van der Waals surface area contributed by atoms with E-state index in [1.54, 1.807) is 0 Å². The van der Waals surface area contributed by atoms with E-state index in [4.69, 9.17) is 4.74 Å². The monoisotopic (exact) mass is 213 g/mol. The van der Waals surface area contributed by atoms with Crippen molar-refractivity contribution in [1.29, 1.82) is 0 Å². The lowest BCUT2D eigenvalue weighted by Crippen LogP contribution is -2.41. The van der Waals surface area contributed by atoms with Crippen LogP contribution in [0, 0.1) is 5.41 Å². The fourth-order valence-corrected chi connectivity index (χ4v) is 2.72. The minimum atomic E-state index is 0.0460. The molecule has 0 aromatic rings. The summed E-state index contributed by atoms with van der Waals surface area (Å²) in [6.45, 7) is 5.31. The van der Waals surface area contributed by atoms with Crippen LogP contribution in [-0.2, 0) is 4.74 Å². The first-order chi connectivity index (χ1) is 7.35. The van der Waals surface area contributed by atoms with Crippen molar-refractivity contribution in [3.05, 3.63) is 0 Å². The molecule has 0 aromatic heterocycles. The summed E-state index contributed by atoms with van der Waals surface area (Å²) in [5.41, 5.74) is 0.0460. The van der Waals surface area contributed by atoms with E-state index in [0.29, 0.717) is 0 Å². The number of aliphatic hydroxyl groups is 1. The third kappa shape index (κ3) is 2.92. The molecule has 0 aromatic carbocycles. The Kier molecular flexibility index (Phi) is 4.00. The molecule has 2 rings (SSSR count). The number of hydrogen-bond acceptors (Lipinski definition) is 3. The van der Waals surface area contributed by atoms with Crippen molar-refractivity contribution in [3.8, 4) is 0 Å². The molecule has 0 amide bonds. The van der Waals surface area contributed by atoms with Crippen LogP contribution in [-0.4, -0.2) is 49.5 Å². The molecular weight excluding hydrogens is 190 g/mol. The minimum absolute atomic E-state index is 0.0460. The van der Waals surface area contributed by atoms with E-state index in [2.05, 4.69) is 4.90 Å². The van der Waals surface area contributed by atoms with Gasteiger partial charge in [-0.3, -0.25) is 0 Å². The molecular formula is C12H23NO2. The molecule has 2 saturated heterocycles. The summed E-state index contributed by atoms with van der Waals surface area (Å²) in [6, 6.07) is 0. The molecule has 0 bridgehead atoms. The SMILES string of the molecule is OCC1(CN2CCCCCC2)CCOC1. The van der Waals surface area contributed by atoms with E-state index < -0.39 is 0 Å². The summed E-state index contributed by atoms with van der Waals surface area (Å²) >= 11 is 0. The second-order valence-corrected chi connectivity index (χ2v) is 5.15. The number of hydrogen-bond donors (Lipinski definition) is 1. The van der Waals surface area contributed by atoms with Crippen molar-refractivity contribution >= 4 is 0 Å². The van der Waals surface area contributed by atoms with Gasteiger partial charge in [0.15, 0.2) is 0 Å². The maximum atomic E-state index is 9.51. The zero-order chi connectivity index (χ0) is 10.6. The Hall–Kier alpha value is -0.120. The van der Waals surface area contributed by atoms with Crippen molar-refractivity contribution in [2.75, 3.05) is 39.5 Å². The predicted octanol–water partition coefficient (Wildman–Crippen LogP) is 1.26. The van der Waals surface area contributed by atoms with Crippen LogP contribution in [0.1, 0.15) is 32.1 Å². The lowest BCUT2D eigenvalue weighted by atomic mass is 9.87.